The summed E-state index contributed by atoms with van der Waals surface area (Å²) >= 11 is 0. The van der Waals surface area contributed by atoms with Crippen molar-refractivity contribution in [1.29, 1.82) is 0 Å². The largest absolute Gasteiger partial charge is 0.456 e. The van der Waals surface area contributed by atoms with Gasteiger partial charge < -0.3 is 19.9 Å². The van der Waals surface area contributed by atoms with Crippen LogP contribution in [0.25, 0.3) is 0 Å². The zero-order chi connectivity index (χ0) is 23.8. The number of amides is 3. The van der Waals surface area contributed by atoms with Gasteiger partial charge in [-0.2, -0.15) is 0 Å². The summed E-state index contributed by atoms with van der Waals surface area (Å²) in [5, 5.41) is 2.86. The maximum absolute atomic E-state index is 13.2. The molecule has 176 valence electrons. The summed E-state index contributed by atoms with van der Waals surface area (Å²) in [6.07, 6.45) is 0. The van der Waals surface area contributed by atoms with Crippen molar-refractivity contribution in [2.75, 3.05) is 44.2 Å². The van der Waals surface area contributed by atoms with Crippen LogP contribution in [0.5, 0.6) is 0 Å². The summed E-state index contributed by atoms with van der Waals surface area (Å²) in [6.45, 7) is 3.94. The second kappa shape index (κ2) is 8.81. The van der Waals surface area contributed by atoms with Crippen molar-refractivity contribution >= 4 is 23.6 Å². The van der Waals surface area contributed by atoms with E-state index in [2.05, 4.69) is 10.2 Å². The number of cyclic esters (lactones) is 1. The maximum Gasteiger partial charge on any atom is 0.338 e. The van der Waals surface area contributed by atoms with Crippen molar-refractivity contribution in [2.45, 2.75) is 13.0 Å². The molecule has 3 aliphatic rings. The first kappa shape index (κ1) is 21.9. The summed E-state index contributed by atoms with van der Waals surface area (Å²) in [7, 11) is 0. The van der Waals surface area contributed by atoms with E-state index in [0.717, 1.165) is 16.8 Å². The predicted molar refractivity (Wildman–Crippen MR) is 122 cm³/mol. The Hall–Kier alpha value is -3.88. The van der Waals surface area contributed by atoms with Gasteiger partial charge in [0.1, 0.15) is 19.0 Å². The number of benzene rings is 2. The molecule has 34 heavy (non-hydrogen) atoms. The van der Waals surface area contributed by atoms with E-state index >= 15 is 0 Å². The van der Waals surface area contributed by atoms with Gasteiger partial charge in [0, 0.05) is 31.9 Å². The Balaban J connectivity index is 1.29. The molecule has 5 rings (SSSR count). The summed E-state index contributed by atoms with van der Waals surface area (Å²) in [5.74, 6) is -0.968. The summed E-state index contributed by atoms with van der Waals surface area (Å²) < 4.78 is 18.4. The lowest BCUT2D eigenvalue weighted by Gasteiger charge is -2.38. The third-order valence-corrected chi connectivity index (χ3v) is 6.53. The number of esters is 1. The Labute approximate surface area is 196 Å². The fourth-order valence-electron chi connectivity index (χ4n) is 4.59. The molecular weight excluding hydrogens is 439 g/mol. The lowest BCUT2D eigenvalue weighted by molar-refractivity contribution is -0.136. The van der Waals surface area contributed by atoms with Gasteiger partial charge >= 0.3 is 12.0 Å². The van der Waals surface area contributed by atoms with E-state index < -0.39 is 18.0 Å². The van der Waals surface area contributed by atoms with E-state index in [4.69, 9.17) is 4.74 Å². The number of urea groups is 1. The fraction of sp³-hybridized carbons (Fsp3) is 0.320. The Bertz CT molecular complexity index is 1150. The number of anilines is 1. The van der Waals surface area contributed by atoms with Crippen molar-refractivity contribution in [3.05, 3.63) is 76.7 Å². The number of hydrogen-bond acceptors (Lipinski definition) is 5. The molecule has 1 atom stereocenters. The van der Waals surface area contributed by atoms with E-state index in [1.165, 1.54) is 17.0 Å². The zero-order valence-corrected chi connectivity index (χ0v) is 18.8. The third-order valence-electron chi connectivity index (χ3n) is 6.53. The maximum atomic E-state index is 13.2. The molecule has 3 heterocycles. The second-order valence-electron chi connectivity index (χ2n) is 8.66. The molecule has 0 aliphatic carbocycles. The topological polar surface area (TPSA) is 82.2 Å². The highest BCUT2D eigenvalue weighted by molar-refractivity contribution is 5.98. The number of nitrogens with one attached hydrogen (secondary N) is 1. The average Bonchev–Trinajstić information content (AvgIpc) is 3.23. The van der Waals surface area contributed by atoms with Gasteiger partial charge in [0.25, 0.3) is 0 Å². The van der Waals surface area contributed by atoms with Gasteiger partial charge in [-0.15, -0.1) is 0 Å². The number of carbonyl (C=O) groups is 3. The van der Waals surface area contributed by atoms with Crippen LogP contribution in [-0.4, -0.2) is 67.0 Å². The first-order valence-electron chi connectivity index (χ1n) is 11.2. The molecule has 3 aliphatic heterocycles. The zero-order valence-electron chi connectivity index (χ0n) is 18.8. The fourth-order valence-corrected chi connectivity index (χ4v) is 4.59. The summed E-state index contributed by atoms with van der Waals surface area (Å²) in [6, 6.07) is 12.8. The Kier molecular flexibility index (Phi) is 5.69. The molecular formula is C25H25FN4O4. The van der Waals surface area contributed by atoms with Gasteiger partial charge in [0.15, 0.2) is 0 Å². The van der Waals surface area contributed by atoms with Crippen LogP contribution in [0.1, 0.15) is 17.2 Å². The number of piperazine rings is 1. The van der Waals surface area contributed by atoms with Crippen LogP contribution in [0.2, 0.25) is 0 Å². The minimum atomic E-state index is -0.608. The van der Waals surface area contributed by atoms with Crippen LogP contribution < -0.4 is 10.2 Å². The van der Waals surface area contributed by atoms with Gasteiger partial charge in [-0.25, -0.2) is 14.0 Å². The average molecular weight is 464 g/mol. The molecule has 2 aromatic carbocycles. The highest BCUT2D eigenvalue weighted by atomic mass is 19.1. The van der Waals surface area contributed by atoms with Gasteiger partial charge in [0.2, 0.25) is 5.91 Å². The van der Waals surface area contributed by atoms with Gasteiger partial charge in [-0.3, -0.25) is 9.69 Å². The molecule has 0 spiro atoms. The second-order valence-corrected chi connectivity index (χ2v) is 8.66. The molecule has 0 radical (unpaired) electrons. The van der Waals surface area contributed by atoms with Crippen LogP contribution in [0.4, 0.5) is 14.9 Å². The molecule has 1 saturated heterocycles. The molecule has 8 nitrogen and oxygen atoms in total. The van der Waals surface area contributed by atoms with Crippen molar-refractivity contribution in [1.82, 2.24) is 15.1 Å². The Morgan fingerprint density at radius 2 is 1.71 bits per heavy atom. The van der Waals surface area contributed by atoms with Crippen molar-refractivity contribution in [2.24, 2.45) is 0 Å². The summed E-state index contributed by atoms with van der Waals surface area (Å²) in [4.78, 5) is 43.7. The van der Waals surface area contributed by atoms with E-state index in [1.807, 2.05) is 31.2 Å². The van der Waals surface area contributed by atoms with E-state index in [9.17, 15) is 18.8 Å². The molecule has 0 saturated carbocycles. The minimum absolute atomic E-state index is 0.0322. The SMILES string of the molecule is Cc1ccc([C@@H]2NC(=O)N(CC(=O)N3CCN(c4ccc(F)cc4)CC3)C3=C2C(=O)OC3)cc1. The van der Waals surface area contributed by atoms with Crippen molar-refractivity contribution in [3.63, 3.8) is 0 Å². The number of rotatable bonds is 4. The van der Waals surface area contributed by atoms with E-state index in [1.54, 1.807) is 17.0 Å². The summed E-state index contributed by atoms with van der Waals surface area (Å²) in [5.41, 5.74) is 3.58. The van der Waals surface area contributed by atoms with Crippen LogP contribution >= 0.6 is 0 Å². The van der Waals surface area contributed by atoms with Crippen molar-refractivity contribution < 1.29 is 23.5 Å². The number of nitrogens with zero attached hydrogens (tertiary/aromatic N) is 3. The minimum Gasteiger partial charge on any atom is -0.456 e. The van der Waals surface area contributed by atoms with Gasteiger partial charge in [-0.1, -0.05) is 29.8 Å². The molecule has 0 aromatic heterocycles. The number of carbonyl (C=O) groups excluding carboxylic acids is 3. The molecule has 9 heteroatoms. The van der Waals surface area contributed by atoms with Crippen LogP contribution in [0.15, 0.2) is 59.8 Å². The number of aryl methyl sites for hydroxylation is 1. The van der Waals surface area contributed by atoms with E-state index in [-0.39, 0.29) is 24.9 Å². The molecule has 1 fully saturated rings. The number of halogens is 1. The Morgan fingerprint density at radius 3 is 2.38 bits per heavy atom. The quantitative estimate of drug-likeness (QED) is 0.703. The molecule has 3 amide bonds. The first-order chi connectivity index (χ1) is 16.4. The van der Waals surface area contributed by atoms with Crippen molar-refractivity contribution in [3.8, 4) is 0 Å². The standard InChI is InChI=1S/C25H25FN4O4/c1-16-2-4-17(5-3-16)23-22-20(15-34-24(22)32)30(25(33)27-23)14-21(31)29-12-10-28(11-13-29)19-8-6-18(26)7-9-19/h2-9,23H,10-15H2,1H3,(H,27,33)/t23-/m0/s1. The normalized spacial score (nSPS) is 20.3. The first-order valence-corrected chi connectivity index (χ1v) is 11.2. The predicted octanol–water partition coefficient (Wildman–Crippen LogP) is 2.36. The van der Waals surface area contributed by atoms with Crippen LogP contribution in [-0.2, 0) is 14.3 Å². The lowest BCUT2D eigenvalue weighted by atomic mass is 9.95. The Morgan fingerprint density at radius 1 is 1.03 bits per heavy atom. The monoisotopic (exact) mass is 464 g/mol. The molecule has 2 aromatic rings. The molecule has 0 unspecified atom stereocenters. The van der Waals surface area contributed by atoms with Crippen LogP contribution in [0.3, 0.4) is 0 Å². The van der Waals surface area contributed by atoms with E-state index in [0.29, 0.717) is 37.4 Å². The highest BCUT2D eigenvalue weighted by Gasteiger charge is 2.43. The van der Waals surface area contributed by atoms with Gasteiger partial charge in [-0.05, 0) is 36.8 Å². The van der Waals surface area contributed by atoms with Gasteiger partial charge in [0.05, 0.1) is 17.3 Å². The third kappa shape index (κ3) is 4.09. The highest BCUT2D eigenvalue weighted by Crippen LogP contribution is 2.35. The van der Waals surface area contributed by atoms with Crippen LogP contribution in [0, 0.1) is 12.7 Å². The molecule has 1 N–H and O–H groups in total. The number of hydrogen-bond donors (Lipinski definition) is 1. The number of ether oxygens (including phenoxy) is 1. The smallest absolute Gasteiger partial charge is 0.338 e. The molecule has 0 bridgehead atoms. The lowest BCUT2D eigenvalue weighted by Crippen LogP contribution is -2.54.